The Labute approximate surface area is 92.3 Å². The minimum Gasteiger partial charge on any atom is -0.363 e. The number of carbonyl (C=O) groups is 1. The van der Waals surface area contributed by atoms with E-state index < -0.39 is 0 Å². The molecule has 0 spiro atoms. The Bertz CT molecular complexity index is 361. The fourth-order valence-electron chi connectivity index (χ4n) is 1.40. The Balaban J connectivity index is 1.94. The van der Waals surface area contributed by atoms with Crippen LogP contribution in [-0.2, 0) is 0 Å². The summed E-state index contributed by atoms with van der Waals surface area (Å²) in [5.74, 6) is 0.541. The molecule has 6 heteroatoms. The maximum Gasteiger partial charge on any atom is 0.282 e. The van der Waals surface area contributed by atoms with Crippen molar-refractivity contribution in [2.24, 2.45) is 5.92 Å². The van der Waals surface area contributed by atoms with Crippen LogP contribution in [-0.4, -0.2) is 29.2 Å². The van der Waals surface area contributed by atoms with Crippen molar-refractivity contribution >= 4 is 22.4 Å². The lowest BCUT2D eigenvalue weighted by atomic mass is 10.2. The molecule has 0 aromatic carbocycles. The summed E-state index contributed by atoms with van der Waals surface area (Å²) in [5.41, 5.74) is 0. The zero-order valence-corrected chi connectivity index (χ0v) is 9.60. The Kier molecular flexibility index (Phi) is 2.86. The molecule has 1 aliphatic rings. The highest BCUT2D eigenvalue weighted by Gasteiger charge is 2.29. The van der Waals surface area contributed by atoms with E-state index in [1.165, 1.54) is 24.2 Å². The number of amides is 1. The lowest BCUT2D eigenvalue weighted by Crippen LogP contribution is -2.33. The van der Waals surface area contributed by atoms with Gasteiger partial charge in [-0.25, -0.2) is 0 Å². The zero-order valence-electron chi connectivity index (χ0n) is 8.78. The van der Waals surface area contributed by atoms with Crippen molar-refractivity contribution in [2.45, 2.75) is 25.8 Å². The lowest BCUT2D eigenvalue weighted by Gasteiger charge is -2.10. The summed E-state index contributed by atoms with van der Waals surface area (Å²) >= 11 is 1.27. The Morgan fingerprint density at radius 3 is 2.80 bits per heavy atom. The molecule has 1 heterocycles. The number of anilines is 1. The third-order valence-corrected chi connectivity index (χ3v) is 3.46. The molecule has 0 aliphatic heterocycles. The lowest BCUT2D eigenvalue weighted by molar-refractivity contribution is 0.0934. The van der Waals surface area contributed by atoms with Crippen molar-refractivity contribution < 1.29 is 4.79 Å². The third kappa shape index (κ3) is 2.44. The SMILES string of the molecule is CNc1nnc(C(=O)NC(C)C2CC2)s1. The Morgan fingerprint density at radius 2 is 2.27 bits per heavy atom. The van der Waals surface area contributed by atoms with Crippen molar-refractivity contribution in [1.29, 1.82) is 0 Å². The van der Waals surface area contributed by atoms with E-state index in [9.17, 15) is 4.79 Å². The van der Waals surface area contributed by atoms with Crippen molar-refractivity contribution in [3.63, 3.8) is 0 Å². The van der Waals surface area contributed by atoms with E-state index in [1.54, 1.807) is 7.05 Å². The van der Waals surface area contributed by atoms with Gasteiger partial charge in [0.25, 0.3) is 5.91 Å². The van der Waals surface area contributed by atoms with Gasteiger partial charge in [-0.1, -0.05) is 11.3 Å². The molecule has 1 atom stereocenters. The molecule has 5 nitrogen and oxygen atoms in total. The molecule has 1 saturated carbocycles. The van der Waals surface area contributed by atoms with Crippen molar-refractivity contribution in [1.82, 2.24) is 15.5 Å². The molecule has 1 amide bonds. The molecule has 1 unspecified atom stereocenters. The maximum absolute atomic E-state index is 11.7. The number of hydrogen-bond acceptors (Lipinski definition) is 5. The topological polar surface area (TPSA) is 66.9 Å². The number of nitrogens with one attached hydrogen (secondary N) is 2. The van der Waals surface area contributed by atoms with Crippen LogP contribution in [0.15, 0.2) is 0 Å². The Hall–Kier alpha value is -1.17. The highest BCUT2D eigenvalue weighted by molar-refractivity contribution is 7.17. The zero-order chi connectivity index (χ0) is 10.8. The van der Waals surface area contributed by atoms with Crippen molar-refractivity contribution in [2.75, 3.05) is 12.4 Å². The van der Waals surface area contributed by atoms with E-state index in [0.717, 1.165) is 0 Å². The fourth-order valence-corrected chi connectivity index (χ4v) is 2.00. The minimum absolute atomic E-state index is 0.117. The number of nitrogens with zero attached hydrogens (tertiary/aromatic N) is 2. The van der Waals surface area contributed by atoms with Gasteiger partial charge in [0, 0.05) is 13.1 Å². The highest BCUT2D eigenvalue weighted by atomic mass is 32.1. The monoisotopic (exact) mass is 226 g/mol. The first kappa shape index (κ1) is 10.4. The quantitative estimate of drug-likeness (QED) is 0.807. The van der Waals surface area contributed by atoms with Gasteiger partial charge >= 0.3 is 0 Å². The first-order valence-corrected chi connectivity index (χ1v) is 5.84. The summed E-state index contributed by atoms with van der Waals surface area (Å²) in [6, 6.07) is 0.249. The molecule has 2 rings (SSSR count). The predicted molar refractivity (Wildman–Crippen MR) is 59.1 cm³/mol. The summed E-state index contributed by atoms with van der Waals surface area (Å²) in [4.78, 5) is 11.7. The second kappa shape index (κ2) is 4.14. The standard InChI is InChI=1S/C9H14N4OS/c1-5(6-3-4-6)11-7(14)8-12-13-9(10-2)15-8/h5-6H,3-4H2,1-2H3,(H,10,13)(H,11,14). The number of rotatable bonds is 4. The van der Waals surface area contributed by atoms with E-state index >= 15 is 0 Å². The summed E-state index contributed by atoms with van der Waals surface area (Å²) in [5, 5.41) is 14.5. The van der Waals surface area contributed by atoms with Crippen LogP contribution in [0.5, 0.6) is 0 Å². The summed E-state index contributed by atoms with van der Waals surface area (Å²) in [6.07, 6.45) is 2.44. The first-order chi connectivity index (χ1) is 7.20. The average Bonchev–Trinajstić information content (AvgIpc) is 2.96. The Morgan fingerprint density at radius 1 is 1.53 bits per heavy atom. The van der Waals surface area contributed by atoms with Crippen LogP contribution in [0.1, 0.15) is 29.6 Å². The van der Waals surface area contributed by atoms with Gasteiger partial charge in [0.05, 0.1) is 0 Å². The van der Waals surface area contributed by atoms with Crippen LogP contribution in [0, 0.1) is 5.92 Å². The van der Waals surface area contributed by atoms with Gasteiger partial charge in [-0.2, -0.15) is 0 Å². The molecule has 1 aromatic heterocycles. The molecule has 1 fully saturated rings. The summed E-state index contributed by atoms with van der Waals surface area (Å²) in [7, 11) is 1.76. The predicted octanol–water partition coefficient (Wildman–Crippen LogP) is 1.11. The molecule has 1 aromatic rings. The number of carbonyl (C=O) groups excluding carboxylic acids is 1. The van der Waals surface area contributed by atoms with Gasteiger partial charge < -0.3 is 10.6 Å². The van der Waals surface area contributed by atoms with Crippen LogP contribution < -0.4 is 10.6 Å². The smallest absolute Gasteiger partial charge is 0.282 e. The molecular formula is C9H14N4OS. The van der Waals surface area contributed by atoms with Crippen LogP contribution in [0.2, 0.25) is 0 Å². The molecule has 0 saturated heterocycles. The van der Waals surface area contributed by atoms with Crippen LogP contribution in [0.3, 0.4) is 0 Å². The van der Waals surface area contributed by atoms with Gasteiger partial charge in [-0.3, -0.25) is 4.79 Å². The van der Waals surface area contributed by atoms with E-state index in [4.69, 9.17) is 0 Å². The summed E-state index contributed by atoms with van der Waals surface area (Å²) in [6.45, 7) is 2.04. The largest absolute Gasteiger partial charge is 0.363 e. The molecule has 82 valence electrons. The molecule has 1 aliphatic carbocycles. The van der Waals surface area contributed by atoms with Crippen LogP contribution in [0.4, 0.5) is 5.13 Å². The van der Waals surface area contributed by atoms with Crippen LogP contribution >= 0.6 is 11.3 Å². The van der Waals surface area contributed by atoms with E-state index in [-0.39, 0.29) is 11.9 Å². The van der Waals surface area contributed by atoms with E-state index in [1.807, 2.05) is 6.92 Å². The van der Waals surface area contributed by atoms with Crippen LogP contribution in [0.25, 0.3) is 0 Å². The number of hydrogen-bond donors (Lipinski definition) is 2. The van der Waals surface area contributed by atoms with Crippen molar-refractivity contribution in [3.8, 4) is 0 Å². The fraction of sp³-hybridized carbons (Fsp3) is 0.667. The molecule has 0 bridgehead atoms. The van der Waals surface area contributed by atoms with Gasteiger partial charge in [-0.05, 0) is 25.7 Å². The molecule has 2 N–H and O–H groups in total. The third-order valence-electron chi connectivity index (χ3n) is 2.52. The molecule has 15 heavy (non-hydrogen) atoms. The molecular weight excluding hydrogens is 212 g/mol. The first-order valence-electron chi connectivity index (χ1n) is 5.03. The van der Waals surface area contributed by atoms with Gasteiger partial charge in [-0.15, -0.1) is 10.2 Å². The second-order valence-electron chi connectivity index (χ2n) is 3.76. The van der Waals surface area contributed by atoms with Crippen molar-refractivity contribution in [3.05, 3.63) is 5.01 Å². The normalized spacial score (nSPS) is 17.2. The van der Waals surface area contributed by atoms with E-state index in [2.05, 4.69) is 20.8 Å². The second-order valence-corrected chi connectivity index (χ2v) is 4.74. The highest BCUT2D eigenvalue weighted by Crippen LogP contribution is 2.32. The van der Waals surface area contributed by atoms with Gasteiger partial charge in [0.1, 0.15) is 0 Å². The average molecular weight is 226 g/mol. The minimum atomic E-state index is -0.117. The summed E-state index contributed by atoms with van der Waals surface area (Å²) < 4.78 is 0. The van der Waals surface area contributed by atoms with E-state index in [0.29, 0.717) is 16.1 Å². The molecule has 0 radical (unpaired) electrons. The van der Waals surface area contributed by atoms with Gasteiger partial charge in [0.2, 0.25) is 10.1 Å². The maximum atomic E-state index is 11.7. The van der Waals surface area contributed by atoms with Gasteiger partial charge in [0.15, 0.2) is 0 Å². The number of aromatic nitrogens is 2.